The number of anilines is 9. The molecule has 0 saturated carbocycles. The number of aromatic nitrogens is 2. The Morgan fingerprint density at radius 2 is 0.670 bits per heavy atom. The van der Waals surface area contributed by atoms with E-state index in [1.54, 1.807) is 0 Å². The van der Waals surface area contributed by atoms with Gasteiger partial charge in [0.15, 0.2) is 0 Å². The zero-order valence-corrected chi connectivity index (χ0v) is 50.5. The Labute approximate surface area is 541 Å². The largest absolute Gasteiger partial charge is 0.458 e. The summed E-state index contributed by atoms with van der Waals surface area (Å²) < 4.78 is 45.5. The Morgan fingerprint density at radius 3 is 1.20 bits per heavy atom. The molecule has 0 radical (unpaired) electrons. The van der Waals surface area contributed by atoms with Crippen LogP contribution in [-0.4, -0.2) is 22.6 Å². The minimum Gasteiger partial charge on any atom is -0.458 e. The van der Waals surface area contributed by atoms with Crippen LogP contribution in [0.25, 0.3) is 77.2 Å². The van der Waals surface area contributed by atoms with Crippen LogP contribution in [0, 0.1) is 11.6 Å². The number of nitrogens with zero attached hydrogens (tertiary/aromatic N) is 5. The van der Waals surface area contributed by atoms with Crippen molar-refractivity contribution in [1.29, 1.82) is 0 Å². The number of hydrogen-bond acceptors (Lipinski definition) is 4. The van der Waals surface area contributed by atoms with E-state index in [0.29, 0.717) is 11.4 Å². The fraction of sp³-hybridized carbons (Fsp3) is 0. The number of benzene rings is 14. The van der Waals surface area contributed by atoms with Crippen LogP contribution >= 0.6 is 0 Å². The van der Waals surface area contributed by atoms with Gasteiger partial charge in [-0.3, -0.25) is 0 Å². The molecular weight excluding hydrogens is 1150 g/mol. The molecule has 6 nitrogen and oxygen atoms in total. The third-order valence-corrected chi connectivity index (χ3v) is 20.0. The van der Waals surface area contributed by atoms with Gasteiger partial charge in [0, 0.05) is 85.2 Å². The van der Waals surface area contributed by atoms with Crippen molar-refractivity contribution < 1.29 is 13.5 Å². The minimum atomic E-state index is -0.679. The molecule has 0 amide bonds. The Hall–Kier alpha value is -12.1. The third-order valence-electron chi connectivity index (χ3n) is 20.0. The molecule has 0 atom stereocenters. The van der Waals surface area contributed by atoms with Crippen LogP contribution in [0.15, 0.2) is 309 Å². The van der Waals surface area contributed by atoms with Crippen LogP contribution in [0.1, 0.15) is 0 Å². The topological polar surface area (TPSA) is 28.8 Å². The lowest BCUT2D eigenvalue weighted by Crippen LogP contribution is -2.64. The van der Waals surface area contributed by atoms with E-state index in [4.69, 9.17) is 4.74 Å². The maximum absolute atomic E-state index is 16.5. The molecule has 0 saturated heterocycles. The van der Waals surface area contributed by atoms with Crippen LogP contribution in [0.4, 0.5) is 60.0 Å². The lowest BCUT2D eigenvalue weighted by Gasteiger charge is -2.45. The molecule has 0 fully saturated rings. The van der Waals surface area contributed by atoms with Crippen LogP contribution in [0.5, 0.6) is 11.5 Å². The SMILES string of the molecule is Fc1cc(F)cc(N2c3cc4c(cc3B3c5ccccc5N(c5ccccc5)c5cc(-n6c7ccccc7c7ccc(-c8ccccc8)cc76)cc2c53)B2c3ccccc3N(c3ccccc3)c3cc(-n5c6ccccc6c6ccc(-c7ccccc7)cc65)cc(c32)O4)c1. The van der Waals surface area contributed by atoms with Crippen molar-refractivity contribution in [1.82, 2.24) is 9.13 Å². The molecular formula is C84H51B2F2N5O. The monoisotopic (exact) mass is 1210 g/mol. The minimum absolute atomic E-state index is 0.300. The lowest BCUT2D eigenvalue weighted by atomic mass is 9.30. The van der Waals surface area contributed by atoms with Crippen molar-refractivity contribution in [2.24, 2.45) is 0 Å². The fourth-order valence-electron chi connectivity index (χ4n) is 16.1. The Bertz CT molecular complexity index is 5840. The van der Waals surface area contributed by atoms with Gasteiger partial charge >= 0.3 is 0 Å². The molecule has 94 heavy (non-hydrogen) atoms. The van der Waals surface area contributed by atoms with Crippen molar-refractivity contribution in [2.75, 3.05) is 14.7 Å². The number of hydrogen-bond donors (Lipinski definition) is 0. The summed E-state index contributed by atoms with van der Waals surface area (Å²) in [6.07, 6.45) is 0. The van der Waals surface area contributed by atoms with Gasteiger partial charge in [0.25, 0.3) is 13.4 Å². The average Bonchev–Trinajstić information content (AvgIpc) is 0.720. The summed E-state index contributed by atoms with van der Waals surface area (Å²) in [5.74, 6) is 0.0179. The van der Waals surface area contributed by atoms with Crippen molar-refractivity contribution in [2.45, 2.75) is 0 Å². The van der Waals surface area contributed by atoms with E-state index in [0.717, 1.165) is 167 Å². The number of fused-ring (bicyclic) bond motifs is 14. The zero-order valence-electron chi connectivity index (χ0n) is 50.5. The van der Waals surface area contributed by atoms with Crippen molar-refractivity contribution in [3.05, 3.63) is 321 Å². The molecule has 14 aromatic carbocycles. The van der Waals surface area contributed by atoms with E-state index in [1.807, 2.05) is 6.07 Å². The van der Waals surface area contributed by atoms with Crippen molar-refractivity contribution in [3.63, 3.8) is 0 Å². The van der Waals surface area contributed by atoms with Gasteiger partial charge in [0.1, 0.15) is 23.1 Å². The summed E-state index contributed by atoms with van der Waals surface area (Å²) in [6.45, 7) is -0.655. The van der Waals surface area contributed by atoms with Gasteiger partial charge in [-0.15, -0.1) is 0 Å². The van der Waals surface area contributed by atoms with E-state index in [9.17, 15) is 0 Å². The van der Waals surface area contributed by atoms with Crippen LogP contribution in [-0.2, 0) is 0 Å². The molecule has 0 unspecified atom stereocenters. The summed E-state index contributed by atoms with van der Waals surface area (Å²) in [6, 6.07) is 108. The highest BCUT2D eigenvalue weighted by Crippen LogP contribution is 2.50. The van der Waals surface area contributed by atoms with E-state index in [1.165, 1.54) is 12.1 Å². The van der Waals surface area contributed by atoms with Gasteiger partial charge in [-0.2, -0.15) is 0 Å². The molecule has 4 aliphatic heterocycles. The summed E-state index contributed by atoms with van der Waals surface area (Å²) in [7, 11) is 0. The summed E-state index contributed by atoms with van der Waals surface area (Å²) in [5, 5.41) is 4.52. The molecule has 438 valence electrons. The van der Waals surface area contributed by atoms with E-state index >= 15 is 8.78 Å². The zero-order chi connectivity index (χ0) is 61.9. The van der Waals surface area contributed by atoms with Gasteiger partial charge in [-0.1, -0.05) is 200 Å². The first kappa shape index (κ1) is 52.6. The normalized spacial score (nSPS) is 13.2. The summed E-state index contributed by atoms with van der Waals surface area (Å²) in [5.41, 5.74) is 24.8. The second kappa shape index (κ2) is 20.2. The first-order valence-electron chi connectivity index (χ1n) is 32.0. The average molecular weight is 1210 g/mol. The van der Waals surface area contributed by atoms with Crippen LogP contribution < -0.4 is 52.2 Å². The summed E-state index contributed by atoms with van der Waals surface area (Å²) >= 11 is 0. The molecule has 4 aliphatic rings. The lowest BCUT2D eigenvalue weighted by molar-refractivity contribution is 0.487. The molecule has 0 N–H and O–H groups in total. The predicted molar refractivity (Wildman–Crippen MR) is 386 cm³/mol. The molecule has 0 aliphatic carbocycles. The molecule has 10 heteroatoms. The van der Waals surface area contributed by atoms with E-state index in [2.05, 4.69) is 309 Å². The van der Waals surface area contributed by atoms with E-state index < -0.39 is 11.6 Å². The van der Waals surface area contributed by atoms with E-state index in [-0.39, 0.29) is 13.4 Å². The molecule has 2 aromatic heterocycles. The molecule has 0 bridgehead atoms. The Morgan fingerprint density at radius 1 is 0.245 bits per heavy atom. The first-order chi connectivity index (χ1) is 46.5. The van der Waals surface area contributed by atoms with Gasteiger partial charge in [0.05, 0.1) is 39.1 Å². The Balaban J connectivity index is 0.874. The maximum Gasteiger partial charge on any atom is 0.256 e. The predicted octanol–water partition coefficient (Wildman–Crippen LogP) is 18.0. The molecule has 6 heterocycles. The van der Waals surface area contributed by atoms with Crippen molar-refractivity contribution >= 4 is 141 Å². The third kappa shape index (κ3) is 7.71. The highest BCUT2D eigenvalue weighted by molar-refractivity contribution is 7.02. The van der Waals surface area contributed by atoms with Crippen molar-refractivity contribution in [3.8, 4) is 45.1 Å². The van der Waals surface area contributed by atoms with Crippen LogP contribution in [0.3, 0.4) is 0 Å². The van der Waals surface area contributed by atoms with Crippen LogP contribution in [0.2, 0.25) is 0 Å². The summed E-state index contributed by atoms with van der Waals surface area (Å²) in [4.78, 5) is 6.87. The van der Waals surface area contributed by atoms with Gasteiger partial charge in [-0.05, 0) is 146 Å². The second-order valence-corrected chi connectivity index (χ2v) is 25.0. The molecule has 20 rings (SSSR count). The molecule has 16 aromatic rings. The number of ether oxygens (including phenoxy) is 1. The van der Waals surface area contributed by atoms with Gasteiger partial charge < -0.3 is 28.6 Å². The molecule has 0 spiro atoms. The number of halogens is 2. The fourth-order valence-corrected chi connectivity index (χ4v) is 16.1. The Kier molecular flexibility index (Phi) is 11.3. The van der Waals surface area contributed by atoms with Gasteiger partial charge in [-0.25, -0.2) is 8.78 Å². The first-order valence-corrected chi connectivity index (χ1v) is 32.0. The maximum atomic E-state index is 16.5. The van der Waals surface area contributed by atoms with Gasteiger partial charge in [0.2, 0.25) is 0 Å². The second-order valence-electron chi connectivity index (χ2n) is 25.0. The number of para-hydroxylation sites is 6. The highest BCUT2D eigenvalue weighted by Gasteiger charge is 2.48. The quantitative estimate of drug-likeness (QED) is 0.149. The number of rotatable bonds is 7. The standard InChI is InChI=1S/C84H51B2F2N5O/c87-56-43-57(88)45-60(44-56)93-77-51-81-70(86-68-32-16-20-36-74(68)90(59-27-11-4-12-28-59)80-48-62(49-82(94-81)84(80)86)92-72-34-18-14-30-64(72)66-40-38-55(42-76(66)92)53-23-7-2-8-24-53)50-69(77)85-67-31-15-19-35-73(67)89(58-25-9-3-10-26-58)78-46-61(47-79(93)83(78)85)91-71-33-17-13-29-63(71)65-39-37-54(41-75(65)91)52-21-5-1-6-22-52/h1-51H. The smallest absolute Gasteiger partial charge is 0.256 e. The highest BCUT2D eigenvalue weighted by atomic mass is 19.1.